The van der Waals surface area contributed by atoms with Crippen molar-refractivity contribution in [3.05, 3.63) is 16.5 Å². The summed E-state index contributed by atoms with van der Waals surface area (Å²) in [5, 5.41) is 9.06. The largest absolute Gasteiger partial charge is 0.477 e. The minimum atomic E-state index is -3.60. The molecule has 5 nitrogen and oxygen atoms in total. The summed E-state index contributed by atoms with van der Waals surface area (Å²) < 4.78 is 27.2. The molecule has 1 N–H and O–H groups in total. The van der Waals surface area contributed by atoms with Crippen LogP contribution in [0, 0.1) is 6.92 Å². The maximum Gasteiger partial charge on any atom is 0.346 e. The second-order valence-corrected chi connectivity index (χ2v) is 8.33. The fourth-order valence-electron chi connectivity index (χ4n) is 2.76. The predicted molar refractivity (Wildman–Crippen MR) is 77.8 cm³/mol. The minimum Gasteiger partial charge on any atom is -0.477 e. The molecule has 112 valence electrons. The molecule has 0 radical (unpaired) electrons. The zero-order chi connectivity index (χ0) is 15.1. The summed E-state index contributed by atoms with van der Waals surface area (Å²) in [7, 11) is -3.60. The first-order valence-corrected chi connectivity index (χ1v) is 8.92. The molecule has 0 aliphatic carbocycles. The zero-order valence-electron chi connectivity index (χ0n) is 11.8. The highest BCUT2D eigenvalue weighted by Gasteiger charge is 2.40. The normalized spacial score (nSPS) is 24.1. The van der Waals surface area contributed by atoms with E-state index in [1.807, 2.05) is 13.8 Å². The Balaban J connectivity index is 2.44. The van der Waals surface area contributed by atoms with Crippen LogP contribution in [0.3, 0.4) is 0 Å². The second kappa shape index (κ2) is 5.46. The Morgan fingerprint density at radius 2 is 2.15 bits per heavy atom. The number of hydrogen-bond acceptors (Lipinski definition) is 4. The van der Waals surface area contributed by atoms with Gasteiger partial charge in [-0.25, -0.2) is 13.2 Å². The summed E-state index contributed by atoms with van der Waals surface area (Å²) in [6.45, 7) is 5.52. The molecule has 1 aliphatic rings. The van der Waals surface area contributed by atoms with Crippen LogP contribution >= 0.6 is 11.3 Å². The molecule has 2 atom stereocenters. The molecule has 1 fully saturated rings. The Hall–Kier alpha value is -0.920. The molecule has 1 aromatic rings. The minimum absolute atomic E-state index is 0.0192. The van der Waals surface area contributed by atoms with E-state index in [-0.39, 0.29) is 21.2 Å². The lowest BCUT2D eigenvalue weighted by Gasteiger charge is -2.26. The average molecular weight is 317 g/mol. The first-order valence-electron chi connectivity index (χ1n) is 6.66. The SMILES string of the molecule is CCC1CCC(C)N1S(=O)(=O)c1cc(C)c(C(=O)O)s1. The summed E-state index contributed by atoms with van der Waals surface area (Å²) in [6.07, 6.45) is 2.50. The molecular formula is C13H19NO4S2. The van der Waals surface area contributed by atoms with Gasteiger partial charge in [0.2, 0.25) is 0 Å². The van der Waals surface area contributed by atoms with Gasteiger partial charge in [0.15, 0.2) is 0 Å². The van der Waals surface area contributed by atoms with Gasteiger partial charge >= 0.3 is 5.97 Å². The van der Waals surface area contributed by atoms with Gasteiger partial charge < -0.3 is 5.11 Å². The van der Waals surface area contributed by atoms with Gasteiger partial charge in [0, 0.05) is 12.1 Å². The van der Waals surface area contributed by atoms with Crippen molar-refractivity contribution in [3.63, 3.8) is 0 Å². The molecule has 2 heterocycles. The second-order valence-electron chi connectivity index (χ2n) is 5.21. The van der Waals surface area contributed by atoms with Crippen LogP contribution in [-0.2, 0) is 10.0 Å². The Morgan fingerprint density at radius 1 is 1.50 bits per heavy atom. The topological polar surface area (TPSA) is 74.7 Å². The van der Waals surface area contributed by atoms with Gasteiger partial charge in [0.1, 0.15) is 9.09 Å². The maximum atomic E-state index is 12.7. The van der Waals surface area contributed by atoms with Crippen molar-refractivity contribution in [2.24, 2.45) is 0 Å². The number of aryl methyl sites for hydroxylation is 1. The van der Waals surface area contributed by atoms with Gasteiger partial charge in [0.05, 0.1) is 0 Å². The van der Waals surface area contributed by atoms with E-state index < -0.39 is 16.0 Å². The third-order valence-corrected chi connectivity index (χ3v) is 7.55. The quantitative estimate of drug-likeness (QED) is 0.926. The van der Waals surface area contributed by atoms with E-state index in [9.17, 15) is 13.2 Å². The van der Waals surface area contributed by atoms with Crippen LogP contribution in [0.5, 0.6) is 0 Å². The Morgan fingerprint density at radius 3 is 2.65 bits per heavy atom. The van der Waals surface area contributed by atoms with E-state index in [2.05, 4.69) is 0 Å². The maximum absolute atomic E-state index is 12.7. The van der Waals surface area contributed by atoms with Gasteiger partial charge in [-0.3, -0.25) is 0 Å². The van der Waals surface area contributed by atoms with Crippen LogP contribution in [0.15, 0.2) is 10.3 Å². The fraction of sp³-hybridized carbons (Fsp3) is 0.615. The van der Waals surface area contributed by atoms with Gasteiger partial charge in [0.25, 0.3) is 10.0 Å². The summed E-state index contributed by atoms with van der Waals surface area (Å²) in [6, 6.07) is 1.47. The molecule has 0 amide bonds. The number of hydrogen-bond donors (Lipinski definition) is 1. The Bertz CT molecular complexity index is 620. The number of carboxylic acid groups (broad SMARTS) is 1. The van der Waals surface area contributed by atoms with E-state index in [4.69, 9.17) is 5.11 Å². The van der Waals surface area contributed by atoms with E-state index in [1.165, 1.54) is 6.07 Å². The van der Waals surface area contributed by atoms with Gasteiger partial charge in [-0.2, -0.15) is 4.31 Å². The van der Waals surface area contributed by atoms with E-state index in [0.29, 0.717) is 5.56 Å². The van der Waals surface area contributed by atoms with Crippen molar-refractivity contribution in [2.45, 2.75) is 56.3 Å². The van der Waals surface area contributed by atoms with Crippen molar-refractivity contribution in [1.82, 2.24) is 4.31 Å². The summed E-state index contributed by atoms with van der Waals surface area (Å²) in [4.78, 5) is 11.2. The van der Waals surface area contributed by atoms with Gasteiger partial charge in [-0.15, -0.1) is 11.3 Å². The molecule has 2 rings (SSSR count). The van der Waals surface area contributed by atoms with Crippen LogP contribution < -0.4 is 0 Å². The third kappa shape index (κ3) is 2.49. The van der Waals surface area contributed by atoms with Crippen LogP contribution in [0.1, 0.15) is 48.3 Å². The van der Waals surface area contributed by atoms with Crippen molar-refractivity contribution < 1.29 is 18.3 Å². The van der Waals surface area contributed by atoms with Crippen molar-refractivity contribution >= 4 is 27.3 Å². The Labute approximate surface area is 123 Å². The molecule has 0 saturated carbocycles. The lowest BCUT2D eigenvalue weighted by atomic mass is 10.2. The molecule has 0 aromatic carbocycles. The molecular weight excluding hydrogens is 298 g/mol. The molecule has 1 aromatic heterocycles. The molecule has 7 heteroatoms. The van der Waals surface area contributed by atoms with Crippen molar-refractivity contribution in [1.29, 1.82) is 0 Å². The van der Waals surface area contributed by atoms with Crippen molar-refractivity contribution in [3.8, 4) is 0 Å². The number of nitrogens with zero attached hydrogens (tertiary/aromatic N) is 1. The molecule has 1 saturated heterocycles. The number of carboxylic acids is 1. The highest BCUT2D eigenvalue weighted by Crippen LogP contribution is 2.36. The van der Waals surface area contributed by atoms with Crippen LogP contribution in [0.4, 0.5) is 0 Å². The van der Waals surface area contributed by atoms with Crippen LogP contribution in [0.2, 0.25) is 0 Å². The monoisotopic (exact) mass is 317 g/mol. The molecule has 0 spiro atoms. The first-order chi connectivity index (χ1) is 9.28. The number of carbonyl (C=O) groups is 1. The number of sulfonamides is 1. The third-order valence-electron chi connectivity index (χ3n) is 3.80. The molecule has 20 heavy (non-hydrogen) atoms. The lowest BCUT2D eigenvalue weighted by Crippen LogP contribution is -2.39. The average Bonchev–Trinajstić information content (AvgIpc) is 2.92. The van der Waals surface area contributed by atoms with E-state index >= 15 is 0 Å². The zero-order valence-corrected chi connectivity index (χ0v) is 13.4. The van der Waals surface area contributed by atoms with Crippen LogP contribution in [0.25, 0.3) is 0 Å². The fourth-order valence-corrected chi connectivity index (χ4v) is 6.19. The highest BCUT2D eigenvalue weighted by atomic mass is 32.2. The smallest absolute Gasteiger partial charge is 0.346 e. The van der Waals surface area contributed by atoms with Gasteiger partial charge in [-0.05, 0) is 44.7 Å². The van der Waals surface area contributed by atoms with Crippen LogP contribution in [-0.4, -0.2) is 35.9 Å². The lowest BCUT2D eigenvalue weighted by molar-refractivity contribution is 0.0701. The highest BCUT2D eigenvalue weighted by molar-refractivity contribution is 7.91. The Kier molecular flexibility index (Phi) is 4.22. The van der Waals surface area contributed by atoms with E-state index in [0.717, 1.165) is 30.6 Å². The summed E-state index contributed by atoms with van der Waals surface area (Å²) >= 11 is 0.847. The standard InChI is InChI=1S/C13H19NO4S2/c1-4-10-6-5-9(3)14(10)20(17,18)11-7-8(2)12(19-11)13(15)16/h7,9-10H,4-6H2,1-3H3,(H,15,16). The number of aromatic carboxylic acids is 1. The molecule has 1 aliphatic heterocycles. The summed E-state index contributed by atoms with van der Waals surface area (Å²) in [5.74, 6) is -1.07. The number of rotatable bonds is 4. The molecule has 2 unspecified atom stereocenters. The first kappa shape index (κ1) is 15.5. The predicted octanol–water partition coefficient (Wildman–Crippen LogP) is 2.71. The number of thiophene rings is 1. The van der Waals surface area contributed by atoms with Gasteiger partial charge in [-0.1, -0.05) is 6.92 Å². The van der Waals surface area contributed by atoms with Crippen molar-refractivity contribution in [2.75, 3.05) is 0 Å². The molecule has 0 bridgehead atoms. The van der Waals surface area contributed by atoms with E-state index in [1.54, 1.807) is 11.2 Å². The summed E-state index contributed by atoms with van der Waals surface area (Å²) in [5.41, 5.74) is 0.501.